The summed E-state index contributed by atoms with van der Waals surface area (Å²) in [6, 6.07) is 18.0. The fraction of sp³-hybridized carbons (Fsp3) is 0.458. The molecule has 1 saturated carbocycles. The Labute approximate surface area is 178 Å². The van der Waals surface area contributed by atoms with Gasteiger partial charge < -0.3 is 0 Å². The zero-order valence-corrected chi connectivity index (χ0v) is 17.6. The fourth-order valence-corrected chi connectivity index (χ4v) is 4.36. The van der Waals surface area contributed by atoms with Crippen LogP contribution in [0.1, 0.15) is 37.4 Å². The largest absolute Gasteiger partial charge is 0.297 e. The lowest BCUT2D eigenvalue weighted by Crippen LogP contribution is -2.55. The molecule has 0 atom stereocenters. The monoisotopic (exact) mass is 403 g/mol. The van der Waals surface area contributed by atoms with Crippen LogP contribution in [0.25, 0.3) is 0 Å². The Balaban J connectivity index is 1.42. The standard InChI is InChI=1S/C24H29N5O/c1-2-23(30)29(22-10-6-9-21(17-25)26-22)19-24(11-12-24)28-15-13-27(14-16-28)18-20-7-4-3-5-8-20/h3-10H,2,11-16,18-19H2,1H3. The van der Waals surface area contributed by atoms with Gasteiger partial charge in [-0.25, -0.2) is 4.98 Å². The van der Waals surface area contributed by atoms with Crippen molar-refractivity contribution in [3.63, 3.8) is 0 Å². The minimum atomic E-state index is 0.0496. The molecule has 0 N–H and O–H groups in total. The van der Waals surface area contributed by atoms with Crippen LogP contribution in [0.3, 0.4) is 0 Å². The summed E-state index contributed by atoms with van der Waals surface area (Å²) in [6.45, 7) is 7.65. The lowest BCUT2D eigenvalue weighted by atomic mass is 10.1. The number of carbonyl (C=O) groups excluding carboxylic acids is 1. The van der Waals surface area contributed by atoms with Crippen molar-refractivity contribution < 1.29 is 4.79 Å². The second-order valence-electron chi connectivity index (χ2n) is 8.30. The molecule has 156 valence electrons. The SMILES string of the molecule is CCC(=O)N(CC1(N2CCN(Cc3ccccc3)CC2)CC1)c1cccc(C#N)n1. The molecule has 6 nitrogen and oxygen atoms in total. The number of hydrogen-bond acceptors (Lipinski definition) is 5. The second-order valence-corrected chi connectivity index (χ2v) is 8.30. The van der Waals surface area contributed by atoms with Gasteiger partial charge >= 0.3 is 0 Å². The first-order chi connectivity index (χ1) is 14.6. The summed E-state index contributed by atoms with van der Waals surface area (Å²) in [5.41, 5.74) is 1.75. The van der Waals surface area contributed by atoms with Crippen molar-refractivity contribution in [2.24, 2.45) is 0 Å². The topological polar surface area (TPSA) is 63.5 Å². The van der Waals surface area contributed by atoms with Crippen LogP contribution in [0, 0.1) is 11.3 Å². The first kappa shape index (κ1) is 20.5. The Morgan fingerprint density at radius 3 is 2.47 bits per heavy atom. The van der Waals surface area contributed by atoms with E-state index in [-0.39, 0.29) is 11.4 Å². The third kappa shape index (κ3) is 4.53. The molecule has 1 amide bonds. The Bertz CT molecular complexity index is 911. The van der Waals surface area contributed by atoms with Crippen molar-refractivity contribution in [3.05, 3.63) is 59.8 Å². The predicted molar refractivity (Wildman–Crippen MR) is 117 cm³/mol. The van der Waals surface area contributed by atoms with E-state index in [2.05, 4.69) is 51.2 Å². The van der Waals surface area contributed by atoms with Gasteiger partial charge in [0.25, 0.3) is 0 Å². The van der Waals surface area contributed by atoms with E-state index in [4.69, 9.17) is 0 Å². The minimum Gasteiger partial charge on any atom is -0.297 e. The Kier molecular flexibility index (Phi) is 6.12. The predicted octanol–water partition coefficient (Wildman–Crippen LogP) is 3.05. The quantitative estimate of drug-likeness (QED) is 0.711. The molecule has 1 aliphatic heterocycles. The van der Waals surface area contributed by atoms with Gasteiger partial charge in [0.15, 0.2) is 0 Å². The van der Waals surface area contributed by atoms with Crippen LogP contribution in [-0.4, -0.2) is 59.0 Å². The van der Waals surface area contributed by atoms with Crippen LogP contribution in [0.4, 0.5) is 5.82 Å². The summed E-state index contributed by atoms with van der Waals surface area (Å²) in [4.78, 5) is 24.0. The van der Waals surface area contributed by atoms with Gasteiger partial charge in [-0.3, -0.25) is 19.5 Å². The molecule has 1 aliphatic carbocycles. The molecule has 2 aromatic rings. The zero-order chi connectivity index (χ0) is 21.0. The number of rotatable bonds is 7. The van der Waals surface area contributed by atoms with Gasteiger partial charge in [-0.2, -0.15) is 5.26 Å². The summed E-state index contributed by atoms with van der Waals surface area (Å²) in [6.07, 6.45) is 2.65. The molecule has 2 heterocycles. The number of hydrogen-bond donors (Lipinski definition) is 0. The highest BCUT2D eigenvalue weighted by molar-refractivity contribution is 5.92. The van der Waals surface area contributed by atoms with E-state index in [1.54, 1.807) is 17.0 Å². The molecule has 0 bridgehead atoms. The van der Waals surface area contributed by atoms with Gasteiger partial charge in [-0.05, 0) is 30.5 Å². The summed E-state index contributed by atoms with van der Waals surface area (Å²) < 4.78 is 0. The Morgan fingerprint density at radius 1 is 1.10 bits per heavy atom. The van der Waals surface area contributed by atoms with E-state index in [1.165, 1.54) is 5.56 Å². The van der Waals surface area contributed by atoms with Gasteiger partial charge in [-0.1, -0.05) is 43.3 Å². The van der Waals surface area contributed by atoms with E-state index in [1.807, 2.05) is 13.0 Å². The number of pyridine rings is 1. The number of anilines is 1. The van der Waals surface area contributed by atoms with E-state index in [9.17, 15) is 10.1 Å². The lowest BCUT2D eigenvalue weighted by molar-refractivity contribution is -0.118. The van der Waals surface area contributed by atoms with Crippen LogP contribution in [0.15, 0.2) is 48.5 Å². The molecule has 30 heavy (non-hydrogen) atoms. The van der Waals surface area contributed by atoms with E-state index < -0.39 is 0 Å². The van der Waals surface area contributed by atoms with E-state index in [0.29, 0.717) is 24.5 Å². The molecule has 2 fully saturated rings. The molecule has 2 aliphatic rings. The highest BCUT2D eigenvalue weighted by Gasteiger charge is 2.50. The molecule has 0 unspecified atom stereocenters. The Morgan fingerprint density at radius 2 is 1.83 bits per heavy atom. The first-order valence-electron chi connectivity index (χ1n) is 10.8. The van der Waals surface area contributed by atoms with Gasteiger partial charge in [-0.15, -0.1) is 0 Å². The summed E-state index contributed by atoms with van der Waals surface area (Å²) in [5.74, 6) is 0.654. The first-order valence-corrected chi connectivity index (χ1v) is 10.8. The van der Waals surface area contributed by atoms with E-state index in [0.717, 1.165) is 45.6 Å². The minimum absolute atomic E-state index is 0.0496. The van der Waals surface area contributed by atoms with Crippen molar-refractivity contribution in [2.75, 3.05) is 37.6 Å². The van der Waals surface area contributed by atoms with Crippen molar-refractivity contribution in [3.8, 4) is 6.07 Å². The summed E-state index contributed by atoms with van der Waals surface area (Å²) in [5, 5.41) is 9.19. The molecule has 0 radical (unpaired) electrons. The number of benzene rings is 1. The van der Waals surface area contributed by atoms with Gasteiger partial charge in [0.2, 0.25) is 5.91 Å². The molecule has 4 rings (SSSR count). The van der Waals surface area contributed by atoms with Crippen LogP contribution in [0.2, 0.25) is 0 Å². The zero-order valence-electron chi connectivity index (χ0n) is 17.6. The molecule has 1 aromatic carbocycles. The maximum Gasteiger partial charge on any atom is 0.227 e. The van der Waals surface area contributed by atoms with Crippen molar-refractivity contribution in [1.82, 2.24) is 14.8 Å². The lowest BCUT2D eigenvalue weighted by Gasteiger charge is -2.41. The maximum absolute atomic E-state index is 12.7. The molecule has 6 heteroatoms. The van der Waals surface area contributed by atoms with E-state index >= 15 is 0 Å². The molecular weight excluding hydrogens is 374 g/mol. The van der Waals surface area contributed by atoms with Crippen molar-refractivity contribution in [2.45, 2.75) is 38.3 Å². The number of carbonyl (C=O) groups is 1. The number of piperazine rings is 1. The Hall–Kier alpha value is -2.75. The van der Waals surface area contributed by atoms with Crippen molar-refractivity contribution >= 4 is 11.7 Å². The summed E-state index contributed by atoms with van der Waals surface area (Å²) in [7, 11) is 0. The number of aromatic nitrogens is 1. The smallest absolute Gasteiger partial charge is 0.227 e. The molecule has 0 spiro atoms. The number of amides is 1. The van der Waals surface area contributed by atoms with Gasteiger partial charge in [0.1, 0.15) is 17.6 Å². The van der Waals surface area contributed by atoms with Gasteiger partial charge in [0.05, 0.1) is 0 Å². The average molecular weight is 404 g/mol. The van der Waals surface area contributed by atoms with Gasteiger partial charge in [0, 0.05) is 51.2 Å². The normalized spacial score (nSPS) is 18.5. The average Bonchev–Trinajstić information content (AvgIpc) is 3.59. The van der Waals surface area contributed by atoms with Crippen LogP contribution in [-0.2, 0) is 11.3 Å². The number of nitriles is 1. The molecule has 1 saturated heterocycles. The third-order valence-corrected chi connectivity index (χ3v) is 6.30. The van der Waals surface area contributed by atoms with Crippen LogP contribution < -0.4 is 4.90 Å². The van der Waals surface area contributed by atoms with Crippen LogP contribution >= 0.6 is 0 Å². The molecule has 1 aromatic heterocycles. The molecular formula is C24H29N5O. The third-order valence-electron chi connectivity index (χ3n) is 6.30. The number of nitrogens with zero attached hydrogens (tertiary/aromatic N) is 5. The van der Waals surface area contributed by atoms with Crippen molar-refractivity contribution in [1.29, 1.82) is 5.26 Å². The highest BCUT2D eigenvalue weighted by atomic mass is 16.2. The highest BCUT2D eigenvalue weighted by Crippen LogP contribution is 2.43. The van der Waals surface area contributed by atoms with Crippen LogP contribution in [0.5, 0.6) is 0 Å². The second kappa shape index (κ2) is 8.95. The maximum atomic E-state index is 12.7. The summed E-state index contributed by atoms with van der Waals surface area (Å²) >= 11 is 0. The fourth-order valence-electron chi connectivity index (χ4n) is 4.36.